The Morgan fingerprint density at radius 1 is 1.03 bits per heavy atom. The number of hydrogen-bond donors (Lipinski definition) is 0. The number of hydrogen-bond acceptors (Lipinski definition) is 5. The summed E-state index contributed by atoms with van der Waals surface area (Å²) in [6.45, 7) is 8.80. The second-order valence-electron chi connectivity index (χ2n) is 8.08. The predicted molar refractivity (Wildman–Crippen MR) is 123 cm³/mol. The molecule has 0 N–H and O–H groups in total. The standard InChI is InChI=1S/C24H27N3OS/c1-17-20-6-7-25-16-18(20)14-22-21-15-19(4-5-23(21)29-24(17)22)28-13-3-8-27-11-9-26(2)10-12-27/h4-7,14-16H,3,8-13H2,1-2H3. The van der Waals surface area contributed by atoms with E-state index in [1.54, 1.807) is 0 Å². The van der Waals surface area contributed by atoms with Gasteiger partial charge < -0.3 is 14.5 Å². The van der Waals surface area contributed by atoms with E-state index >= 15 is 0 Å². The van der Waals surface area contributed by atoms with Crippen LogP contribution < -0.4 is 4.74 Å². The van der Waals surface area contributed by atoms with Gasteiger partial charge in [0.2, 0.25) is 0 Å². The molecule has 0 saturated carbocycles. The zero-order valence-corrected chi connectivity index (χ0v) is 18.0. The quantitative estimate of drug-likeness (QED) is 0.440. The molecular weight excluding hydrogens is 378 g/mol. The maximum absolute atomic E-state index is 6.12. The Morgan fingerprint density at radius 3 is 2.76 bits per heavy atom. The van der Waals surface area contributed by atoms with Crippen molar-refractivity contribution in [3.05, 3.63) is 48.3 Å². The Bertz CT molecular complexity index is 1160. The first-order valence-electron chi connectivity index (χ1n) is 10.4. The van der Waals surface area contributed by atoms with E-state index in [2.05, 4.69) is 59.1 Å². The fourth-order valence-corrected chi connectivity index (χ4v) is 5.47. The number of pyridine rings is 1. The molecule has 1 aliphatic heterocycles. The lowest BCUT2D eigenvalue weighted by molar-refractivity contribution is 0.145. The Balaban J connectivity index is 1.33. The summed E-state index contributed by atoms with van der Waals surface area (Å²) in [6.07, 6.45) is 4.91. The fourth-order valence-electron chi connectivity index (χ4n) is 4.30. The first-order valence-corrected chi connectivity index (χ1v) is 11.2. The summed E-state index contributed by atoms with van der Waals surface area (Å²) >= 11 is 1.87. The third-order valence-electron chi connectivity index (χ3n) is 6.08. The minimum Gasteiger partial charge on any atom is -0.494 e. The van der Waals surface area contributed by atoms with E-state index in [0.29, 0.717) is 0 Å². The summed E-state index contributed by atoms with van der Waals surface area (Å²) in [5.41, 5.74) is 1.34. The molecule has 150 valence electrons. The van der Waals surface area contributed by atoms with Crippen molar-refractivity contribution >= 4 is 42.3 Å². The number of fused-ring (bicyclic) bond motifs is 4. The molecule has 0 bridgehead atoms. The summed E-state index contributed by atoms with van der Waals surface area (Å²) in [5.74, 6) is 0.972. The SMILES string of the molecule is Cc1c2ccncc2cc2c1sc1ccc(OCCCN3CCN(C)CC3)cc12. The smallest absolute Gasteiger partial charge is 0.120 e. The largest absolute Gasteiger partial charge is 0.494 e. The van der Waals surface area contributed by atoms with Crippen molar-refractivity contribution in [3.63, 3.8) is 0 Å². The van der Waals surface area contributed by atoms with Crippen molar-refractivity contribution in [2.24, 2.45) is 0 Å². The van der Waals surface area contributed by atoms with Crippen molar-refractivity contribution in [2.75, 3.05) is 46.4 Å². The van der Waals surface area contributed by atoms with Crippen molar-refractivity contribution in [3.8, 4) is 5.75 Å². The van der Waals surface area contributed by atoms with Crippen LogP contribution in [0.3, 0.4) is 0 Å². The zero-order chi connectivity index (χ0) is 19.8. The second-order valence-corrected chi connectivity index (χ2v) is 9.13. The van der Waals surface area contributed by atoms with E-state index in [-0.39, 0.29) is 0 Å². The number of rotatable bonds is 5. The minimum absolute atomic E-state index is 0.770. The number of aromatic nitrogens is 1. The van der Waals surface area contributed by atoms with Crippen LogP contribution in [0.15, 0.2) is 42.7 Å². The van der Waals surface area contributed by atoms with Crippen LogP contribution in [-0.4, -0.2) is 61.2 Å². The molecule has 4 aromatic rings. The lowest BCUT2D eigenvalue weighted by Crippen LogP contribution is -2.44. The topological polar surface area (TPSA) is 28.6 Å². The number of thiophene rings is 1. The molecule has 1 aliphatic rings. The highest BCUT2D eigenvalue weighted by atomic mass is 32.1. The van der Waals surface area contributed by atoms with Crippen LogP contribution >= 0.6 is 11.3 Å². The molecule has 3 heterocycles. The van der Waals surface area contributed by atoms with Crippen LogP contribution in [0.25, 0.3) is 30.9 Å². The number of piperazine rings is 1. The van der Waals surface area contributed by atoms with Crippen LogP contribution in [0.5, 0.6) is 5.75 Å². The molecule has 0 radical (unpaired) electrons. The average Bonchev–Trinajstić information content (AvgIpc) is 3.11. The van der Waals surface area contributed by atoms with Gasteiger partial charge in [-0.25, -0.2) is 0 Å². The first-order chi connectivity index (χ1) is 14.2. The van der Waals surface area contributed by atoms with E-state index < -0.39 is 0 Å². The molecule has 2 aromatic heterocycles. The van der Waals surface area contributed by atoms with Crippen LogP contribution in [0.2, 0.25) is 0 Å². The van der Waals surface area contributed by atoms with Crippen molar-refractivity contribution in [1.82, 2.24) is 14.8 Å². The highest BCUT2D eigenvalue weighted by Crippen LogP contribution is 2.40. The third-order valence-corrected chi connectivity index (χ3v) is 7.38. The number of aryl methyl sites for hydroxylation is 1. The van der Waals surface area contributed by atoms with Crippen LogP contribution in [0, 0.1) is 6.92 Å². The van der Waals surface area contributed by atoms with Gasteiger partial charge in [-0.05, 0) is 61.7 Å². The van der Waals surface area contributed by atoms with Gasteiger partial charge >= 0.3 is 0 Å². The lowest BCUT2D eigenvalue weighted by atomic mass is 10.0. The molecule has 4 nitrogen and oxygen atoms in total. The molecule has 2 aromatic carbocycles. The highest BCUT2D eigenvalue weighted by Gasteiger charge is 2.14. The molecule has 1 saturated heterocycles. The van der Waals surface area contributed by atoms with E-state index in [9.17, 15) is 0 Å². The van der Waals surface area contributed by atoms with Crippen LogP contribution in [-0.2, 0) is 0 Å². The first kappa shape index (κ1) is 18.8. The molecule has 0 aliphatic carbocycles. The summed E-state index contributed by atoms with van der Waals surface area (Å²) in [4.78, 5) is 9.25. The van der Waals surface area contributed by atoms with Crippen molar-refractivity contribution in [2.45, 2.75) is 13.3 Å². The molecule has 5 heteroatoms. The molecule has 29 heavy (non-hydrogen) atoms. The molecular formula is C24H27N3OS. The molecule has 0 atom stereocenters. The number of likely N-dealkylation sites (N-methyl/N-ethyl adjacent to an activating group) is 1. The maximum Gasteiger partial charge on any atom is 0.120 e. The lowest BCUT2D eigenvalue weighted by Gasteiger charge is -2.32. The van der Waals surface area contributed by atoms with E-state index in [0.717, 1.165) is 25.3 Å². The van der Waals surface area contributed by atoms with Gasteiger partial charge in [-0.15, -0.1) is 11.3 Å². The number of nitrogens with zero attached hydrogens (tertiary/aromatic N) is 3. The van der Waals surface area contributed by atoms with E-state index in [1.807, 2.05) is 23.7 Å². The van der Waals surface area contributed by atoms with E-state index in [1.165, 1.54) is 62.7 Å². The van der Waals surface area contributed by atoms with Gasteiger partial charge in [0.05, 0.1) is 6.61 Å². The van der Waals surface area contributed by atoms with Gasteiger partial charge in [-0.1, -0.05) is 0 Å². The molecule has 0 spiro atoms. The normalized spacial score (nSPS) is 16.2. The monoisotopic (exact) mass is 405 g/mol. The molecule has 0 amide bonds. The third kappa shape index (κ3) is 3.70. The van der Waals surface area contributed by atoms with Crippen LogP contribution in [0.1, 0.15) is 12.0 Å². The van der Waals surface area contributed by atoms with Gasteiger partial charge in [-0.2, -0.15) is 0 Å². The number of ether oxygens (including phenoxy) is 1. The summed E-state index contributed by atoms with van der Waals surface area (Å²) < 4.78 is 8.80. The predicted octanol–water partition coefficient (Wildman–Crippen LogP) is 4.93. The summed E-state index contributed by atoms with van der Waals surface area (Å²) in [6, 6.07) is 10.9. The van der Waals surface area contributed by atoms with Gasteiger partial charge in [0.25, 0.3) is 0 Å². The van der Waals surface area contributed by atoms with E-state index in [4.69, 9.17) is 4.74 Å². The summed E-state index contributed by atoms with van der Waals surface area (Å²) in [5, 5.41) is 5.09. The van der Waals surface area contributed by atoms with Crippen LogP contribution in [0.4, 0.5) is 0 Å². The van der Waals surface area contributed by atoms with Gasteiger partial charge in [0.1, 0.15) is 5.75 Å². The second kappa shape index (κ2) is 7.90. The molecule has 1 fully saturated rings. The Hall–Kier alpha value is -2.21. The highest BCUT2D eigenvalue weighted by molar-refractivity contribution is 7.26. The molecule has 5 rings (SSSR count). The maximum atomic E-state index is 6.12. The fraction of sp³-hybridized carbons (Fsp3) is 0.375. The average molecular weight is 406 g/mol. The van der Waals surface area contributed by atoms with Crippen molar-refractivity contribution in [1.29, 1.82) is 0 Å². The number of benzene rings is 2. The summed E-state index contributed by atoms with van der Waals surface area (Å²) in [7, 11) is 2.20. The van der Waals surface area contributed by atoms with Crippen molar-refractivity contribution < 1.29 is 4.74 Å². The minimum atomic E-state index is 0.770. The Kier molecular flexibility index (Phi) is 5.12. The van der Waals surface area contributed by atoms with Gasteiger partial charge in [0.15, 0.2) is 0 Å². The van der Waals surface area contributed by atoms with Gasteiger partial charge in [-0.3, -0.25) is 4.98 Å². The zero-order valence-electron chi connectivity index (χ0n) is 17.1. The Labute approximate surface area is 175 Å². The molecule has 0 unspecified atom stereocenters. The Morgan fingerprint density at radius 2 is 1.90 bits per heavy atom. The van der Waals surface area contributed by atoms with Gasteiger partial charge in [0, 0.05) is 70.7 Å².